The first-order valence-corrected chi connectivity index (χ1v) is 5.37. The molecule has 1 fully saturated rings. The van der Waals surface area contributed by atoms with E-state index in [0.29, 0.717) is 0 Å². The molecule has 0 heteroatoms. The second-order valence-corrected chi connectivity index (χ2v) is 4.21. The highest BCUT2D eigenvalue weighted by molar-refractivity contribution is 5.17. The average molecular weight is 174 g/mol. The predicted octanol–water partition coefficient (Wildman–Crippen LogP) is 3.72. The zero-order chi connectivity index (χ0) is 9.10. The minimum absolute atomic E-state index is 0.838. The molecule has 2 aliphatic rings. The fraction of sp³-hybridized carbons (Fsp3) is 0.538. The van der Waals surface area contributed by atoms with Crippen LogP contribution in [0.1, 0.15) is 25.7 Å². The van der Waals surface area contributed by atoms with Gasteiger partial charge in [0.05, 0.1) is 0 Å². The Labute approximate surface area is 81.0 Å². The summed E-state index contributed by atoms with van der Waals surface area (Å²) in [7, 11) is 0. The maximum atomic E-state index is 3.79. The molecule has 0 bridgehead atoms. The van der Waals surface area contributed by atoms with Gasteiger partial charge in [-0.25, -0.2) is 0 Å². The third-order valence-corrected chi connectivity index (χ3v) is 3.45. The van der Waals surface area contributed by atoms with Crippen LogP contribution in [0, 0.1) is 17.8 Å². The van der Waals surface area contributed by atoms with Gasteiger partial charge in [0.25, 0.3) is 0 Å². The Bertz CT molecular complexity index is 234. The van der Waals surface area contributed by atoms with Crippen LogP contribution in [-0.4, -0.2) is 0 Å². The molecule has 0 amide bonds. The summed E-state index contributed by atoms with van der Waals surface area (Å²) in [6.07, 6.45) is 16.6. The number of hydrogen-bond acceptors (Lipinski definition) is 0. The van der Waals surface area contributed by atoms with E-state index >= 15 is 0 Å². The summed E-state index contributed by atoms with van der Waals surface area (Å²) in [5.74, 6) is 2.61. The Hall–Kier alpha value is -0.780. The van der Waals surface area contributed by atoms with E-state index < -0.39 is 0 Å². The normalized spacial score (nSPS) is 36.2. The Morgan fingerprint density at radius 2 is 2.08 bits per heavy atom. The smallest absolute Gasteiger partial charge is 0.0139 e. The van der Waals surface area contributed by atoms with Gasteiger partial charge in [-0.05, 0) is 43.4 Å². The van der Waals surface area contributed by atoms with Crippen LogP contribution in [0.25, 0.3) is 0 Å². The second-order valence-electron chi connectivity index (χ2n) is 4.21. The quantitative estimate of drug-likeness (QED) is 0.572. The lowest BCUT2D eigenvalue weighted by molar-refractivity contribution is 0.397. The zero-order valence-corrected chi connectivity index (χ0v) is 8.15. The standard InChI is InChI=1S/C13H18/c1-2-3-6-11-9-10-12-7-4-5-8-13(11)12/h2,4-5,7-8,11-13H,1,3,6,9-10H2. The van der Waals surface area contributed by atoms with E-state index in [0.717, 1.165) is 17.8 Å². The molecule has 0 N–H and O–H groups in total. The van der Waals surface area contributed by atoms with Crippen LogP contribution in [-0.2, 0) is 0 Å². The summed E-state index contributed by atoms with van der Waals surface area (Å²) >= 11 is 0. The summed E-state index contributed by atoms with van der Waals surface area (Å²) in [5.41, 5.74) is 0. The molecule has 0 aromatic heterocycles. The van der Waals surface area contributed by atoms with Gasteiger partial charge in [0.15, 0.2) is 0 Å². The van der Waals surface area contributed by atoms with Crippen LogP contribution in [0.15, 0.2) is 37.0 Å². The summed E-state index contributed by atoms with van der Waals surface area (Å²) in [4.78, 5) is 0. The third-order valence-electron chi connectivity index (χ3n) is 3.45. The van der Waals surface area contributed by atoms with E-state index in [4.69, 9.17) is 0 Å². The Morgan fingerprint density at radius 3 is 2.92 bits per heavy atom. The Morgan fingerprint density at radius 1 is 1.23 bits per heavy atom. The molecule has 0 saturated heterocycles. The van der Waals surface area contributed by atoms with Crippen molar-refractivity contribution in [3.63, 3.8) is 0 Å². The minimum Gasteiger partial charge on any atom is -0.103 e. The predicted molar refractivity (Wildman–Crippen MR) is 57.4 cm³/mol. The lowest BCUT2D eigenvalue weighted by Gasteiger charge is -2.21. The maximum Gasteiger partial charge on any atom is -0.0139 e. The lowest BCUT2D eigenvalue weighted by atomic mass is 9.84. The zero-order valence-electron chi connectivity index (χ0n) is 8.15. The van der Waals surface area contributed by atoms with Crippen LogP contribution in [0.5, 0.6) is 0 Å². The molecule has 0 aromatic carbocycles. The van der Waals surface area contributed by atoms with E-state index in [1.807, 2.05) is 0 Å². The average Bonchev–Trinajstić information content (AvgIpc) is 2.58. The molecule has 3 unspecified atom stereocenters. The van der Waals surface area contributed by atoms with Crippen molar-refractivity contribution < 1.29 is 0 Å². The fourth-order valence-corrected chi connectivity index (χ4v) is 2.73. The summed E-state index contributed by atoms with van der Waals surface area (Å²) in [6, 6.07) is 0. The summed E-state index contributed by atoms with van der Waals surface area (Å²) in [5, 5.41) is 0. The van der Waals surface area contributed by atoms with E-state index in [2.05, 4.69) is 37.0 Å². The van der Waals surface area contributed by atoms with E-state index in [9.17, 15) is 0 Å². The minimum atomic E-state index is 0.838. The fourth-order valence-electron chi connectivity index (χ4n) is 2.73. The molecule has 0 nitrogen and oxygen atoms in total. The van der Waals surface area contributed by atoms with Crippen molar-refractivity contribution in [1.82, 2.24) is 0 Å². The van der Waals surface area contributed by atoms with E-state index in [-0.39, 0.29) is 0 Å². The van der Waals surface area contributed by atoms with Gasteiger partial charge < -0.3 is 0 Å². The molecule has 0 aromatic rings. The van der Waals surface area contributed by atoms with Crippen molar-refractivity contribution in [2.45, 2.75) is 25.7 Å². The molecule has 70 valence electrons. The molecule has 2 rings (SSSR count). The third kappa shape index (κ3) is 1.77. The SMILES string of the molecule is C=CCCC1CCC2C=CC=CC21. The molecular weight excluding hydrogens is 156 g/mol. The van der Waals surface area contributed by atoms with Crippen molar-refractivity contribution in [1.29, 1.82) is 0 Å². The highest BCUT2D eigenvalue weighted by Crippen LogP contribution is 2.42. The van der Waals surface area contributed by atoms with E-state index in [1.165, 1.54) is 25.7 Å². The molecular formula is C13H18. The molecule has 0 radical (unpaired) electrons. The first-order chi connectivity index (χ1) is 6.42. The maximum absolute atomic E-state index is 3.79. The highest BCUT2D eigenvalue weighted by atomic mass is 14.4. The van der Waals surface area contributed by atoms with Crippen LogP contribution < -0.4 is 0 Å². The molecule has 3 atom stereocenters. The number of allylic oxidation sites excluding steroid dienone is 5. The topological polar surface area (TPSA) is 0 Å². The van der Waals surface area contributed by atoms with Gasteiger partial charge in [0, 0.05) is 0 Å². The van der Waals surface area contributed by atoms with Crippen molar-refractivity contribution in [3.05, 3.63) is 37.0 Å². The number of hydrogen-bond donors (Lipinski definition) is 0. The number of fused-ring (bicyclic) bond motifs is 1. The largest absolute Gasteiger partial charge is 0.103 e. The van der Waals surface area contributed by atoms with Gasteiger partial charge in [-0.2, -0.15) is 0 Å². The van der Waals surface area contributed by atoms with Crippen LogP contribution in [0.2, 0.25) is 0 Å². The summed E-state index contributed by atoms with van der Waals surface area (Å²) in [6.45, 7) is 3.79. The van der Waals surface area contributed by atoms with Crippen LogP contribution in [0.4, 0.5) is 0 Å². The van der Waals surface area contributed by atoms with Crippen LogP contribution in [0.3, 0.4) is 0 Å². The van der Waals surface area contributed by atoms with Gasteiger partial charge >= 0.3 is 0 Å². The molecule has 13 heavy (non-hydrogen) atoms. The molecule has 1 saturated carbocycles. The van der Waals surface area contributed by atoms with Gasteiger partial charge in [0.1, 0.15) is 0 Å². The monoisotopic (exact) mass is 174 g/mol. The number of rotatable bonds is 3. The van der Waals surface area contributed by atoms with Crippen LogP contribution >= 0.6 is 0 Å². The van der Waals surface area contributed by atoms with E-state index in [1.54, 1.807) is 0 Å². The van der Waals surface area contributed by atoms with Gasteiger partial charge in [-0.1, -0.05) is 30.4 Å². The Balaban J connectivity index is 1.96. The highest BCUT2D eigenvalue weighted by Gasteiger charge is 2.32. The summed E-state index contributed by atoms with van der Waals surface area (Å²) < 4.78 is 0. The second kappa shape index (κ2) is 3.95. The van der Waals surface area contributed by atoms with Gasteiger partial charge in [-0.15, -0.1) is 6.58 Å². The first-order valence-electron chi connectivity index (χ1n) is 5.37. The Kier molecular flexibility index (Phi) is 2.68. The lowest BCUT2D eigenvalue weighted by Crippen LogP contribution is -2.12. The van der Waals surface area contributed by atoms with Crippen molar-refractivity contribution in [2.24, 2.45) is 17.8 Å². The first kappa shape index (κ1) is 8.80. The van der Waals surface area contributed by atoms with Crippen molar-refractivity contribution in [3.8, 4) is 0 Å². The van der Waals surface area contributed by atoms with Gasteiger partial charge in [-0.3, -0.25) is 0 Å². The van der Waals surface area contributed by atoms with Gasteiger partial charge in [0.2, 0.25) is 0 Å². The molecule has 2 aliphatic carbocycles. The molecule has 0 heterocycles. The molecule has 0 spiro atoms. The molecule has 0 aliphatic heterocycles. The van der Waals surface area contributed by atoms with Crippen molar-refractivity contribution >= 4 is 0 Å². The van der Waals surface area contributed by atoms with Crippen molar-refractivity contribution in [2.75, 3.05) is 0 Å².